The lowest BCUT2D eigenvalue weighted by Crippen LogP contribution is -2.54. The molecule has 0 spiro atoms. The number of imide groups is 1. The van der Waals surface area contributed by atoms with Crippen molar-refractivity contribution in [3.05, 3.63) is 63.9 Å². The van der Waals surface area contributed by atoms with E-state index in [1.54, 1.807) is 18.2 Å². The molecule has 2 aliphatic heterocycles. The van der Waals surface area contributed by atoms with Gasteiger partial charge in [0.15, 0.2) is 0 Å². The molecule has 7 nitrogen and oxygen atoms in total. The van der Waals surface area contributed by atoms with Crippen molar-refractivity contribution in [3.63, 3.8) is 0 Å². The molecule has 0 radical (unpaired) electrons. The zero-order valence-corrected chi connectivity index (χ0v) is 16.5. The Morgan fingerprint density at radius 3 is 2.70 bits per heavy atom. The van der Waals surface area contributed by atoms with Crippen LogP contribution in [0.2, 0.25) is 5.02 Å². The molecule has 1 fully saturated rings. The highest BCUT2D eigenvalue weighted by molar-refractivity contribution is 6.30. The number of carbonyl (C=O) groups is 3. The minimum Gasteiger partial charge on any atom is -0.497 e. The lowest BCUT2D eigenvalue weighted by atomic mass is 9.99. The van der Waals surface area contributed by atoms with Gasteiger partial charge in [0.1, 0.15) is 11.6 Å². The summed E-state index contributed by atoms with van der Waals surface area (Å²) in [6.45, 7) is 0.0625. The fraction of sp³-hybridized carbons (Fsp3) is 0.190. The number of methoxy groups -OCH3 is 1. The van der Waals surface area contributed by atoms with Gasteiger partial charge in [0.2, 0.25) is 5.54 Å². The van der Waals surface area contributed by atoms with E-state index in [0.29, 0.717) is 11.3 Å². The predicted octanol–water partition coefficient (Wildman–Crippen LogP) is 2.07. The first-order valence-corrected chi connectivity index (χ1v) is 9.26. The molecule has 0 unspecified atom stereocenters. The Hall–Kier alpha value is -3.57. The van der Waals surface area contributed by atoms with Crippen LogP contribution in [0.25, 0.3) is 0 Å². The van der Waals surface area contributed by atoms with Crippen LogP contribution in [0.1, 0.15) is 21.5 Å². The van der Waals surface area contributed by atoms with Gasteiger partial charge >= 0.3 is 6.03 Å². The number of benzene rings is 2. The summed E-state index contributed by atoms with van der Waals surface area (Å²) in [5, 5.41) is 4.79. The van der Waals surface area contributed by atoms with Crippen molar-refractivity contribution < 1.29 is 23.5 Å². The average molecular weight is 428 g/mol. The van der Waals surface area contributed by atoms with Gasteiger partial charge in [-0.15, -0.1) is 0 Å². The third-order valence-corrected chi connectivity index (χ3v) is 5.07. The molecule has 2 heterocycles. The fourth-order valence-electron chi connectivity index (χ4n) is 3.42. The number of rotatable bonds is 3. The molecular formula is C21H15ClFN3O4. The summed E-state index contributed by atoms with van der Waals surface area (Å²) in [4.78, 5) is 38.7. The fourth-order valence-corrected chi connectivity index (χ4v) is 3.64. The van der Waals surface area contributed by atoms with Crippen LogP contribution in [-0.4, -0.2) is 41.9 Å². The molecule has 0 aliphatic carbocycles. The molecule has 2 N–H and O–H groups in total. The van der Waals surface area contributed by atoms with E-state index in [1.165, 1.54) is 18.1 Å². The number of carbonyl (C=O) groups excluding carboxylic acids is 3. The first-order chi connectivity index (χ1) is 14.3. The van der Waals surface area contributed by atoms with E-state index in [0.717, 1.165) is 17.7 Å². The second-order valence-electron chi connectivity index (χ2n) is 6.91. The van der Waals surface area contributed by atoms with Crippen molar-refractivity contribution in [1.82, 2.24) is 15.5 Å². The summed E-state index contributed by atoms with van der Waals surface area (Å²) in [6.07, 6.45) is 0. The minimum absolute atomic E-state index is 0.146. The highest BCUT2D eigenvalue weighted by Crippen LogP contribution is 2.28. The molecule has 2 aromatic rings. The number of fused-ring (bicyclic) bond motifs is 1. The van der Waals surface area contributed by atoms with Crippen molar-refractivity contribution in [2.75, 3.05) is 13.7 Å². The number of hydrogen-bond donors (Lipinski definition) is 2. The molecule has 2 aromatic carbocycles. The molecule has 2 aliphatic rings. The number of ether oxygens (including phenoxy) is 1. The third kappa shape index (κ3) is 3.55. The molecule has 0 saturated carbocycles. The Morgan fingerprint density at radius 1 is 1.23 bits per heavy atom. The quantitative estimate of drug-likeness (QED) is 0.580. The van der Waals surface area contributed by atoms with Crippen LogP contribution in [0.3, 0.4) is 0 Å². The predicted molar refractivity (Wildman–Crippen MR) is 105 cm³/mol. The van der Waals surface area contributed by atoms with Gasteiger partial charge in [-0.05, 0) is 35.9 Å². The van der Waals surface area contributed by atoms with Crippen LogP contribution in [0.15, 0.2) is 36.4 Å². The average Bonchev–Trinajstić information content (AvgIpc) is 3.15. The first-order valence-electron chi connectivity index (χ1n) is 8.89. The zero-order chi connectivity index (χ0) is 21.5. The second-order valence-corrected chi connectivity index (χ2v) is 7.34. The molecule has 4 rings (SSSR count). The van der Waals surface area contributed by atoms with Gasteiger partial charge in [-0.25, -0.2) is 9.18 Å². The van der Waals surface area contributed by atoms with Crippen molar-refractivity contribution in [1.29, 1.82) is 0 Å². The standard InChI is InChI=1S/C21H15ClFN3O4/c1-30-16-3-2-13-10-26(18(27)17(13)9-16)11-21(19(28)24-20(29)25-21)5-4-12-6-14(22)8-15(23)7-12/h2-3,6-9H,10-11H2,1H3,(H2,24,25,28,29)/t21-/m1/s1. The van der Waals surface area contributed by atoms with Gasteiger partial charge in [0, 0.05) is 22.7 Å². The van der Waals surface area contributed by atoms with E-state index in [9.17, 15) is 18.8 Å². The maximum atomic E-state index is 13.6. The molecule has 0 aromatic heterocycles. The highest BCUT2D eigenvalue weighted by Gasteiger charge is 2.48. The number of nitrogens with one attached hydrogen (secondary N) is 2. The van der Waals surface area contributed by atoms with E-state index in [4.69, 9.17) is 16.3 Å². The van der Waals surface area contributed by atoms with Crippen LogP contribution in [0.4, 0.5) is 9.18 Å². The SMILES string of the molecule is COc1ccc2c(c1)C(=O)N(C[C@@]1(C#Cc3cc(F)cc(Cl)c3)NC(=O)NC1=O)C2. The molecule has 152 valence electrons. The van der Waals surface area contributed by atoms with Crippen molar-refractivity contribution >= 4 is 29.4 Å². The number of hydrogen-bond acceptors (Lipinski definition) is 4. The molecule has 0 bridgehead atoms. The number of urea groups is 1. The van der Waals surface area contributed by atoms with Crippen molar-refractivity contribution in [3.8, 4) is 17.6 Å². The van der Waals surface area contributed by atoms with Crippen molar-refractivity contribution in [2.24, 2.45) is 0 Å². The van der Waals surface area contributed by atoms with E-state index in [-0.39, 0.29) is 29.6 Å². The smallest absolute Gasteiger partial charge is 0.323 e. The summed E-state index contributed by atoms with van der Waals surface area (Å²) in [6, 6.07) is 8.12. The Balaban J connectivity index is 1.66. The van der Waals surface area contributed by atoms with Crippen LogP contribution in [0, 0.1) is 17.7 Å². The zero-order valence-electron chi connectivity index (χ0n) is 15.7. The van der Waals surface area contributed by atoms with Gasteiger partial charge < -0.3 is 15.0 Å². The summed E-state index contributed by atoms with van der Waals surface area (Å²) < 4.78 is 18.7. The molecule has 9 heteroatoms. The monoisotopic (exact) mass is 427 g/mol. The number of halogens is 2. The lowest BCUT2D eigenvalue weighted by molar-refractivity contribution is -0.122. The highest BCUT2D eigenvalue weighted by atomic mass is 35.5. The first kappa shape index (κ1) is 19.7. The largest absolute Gasteiger partial charge is 0.497 e. The van der Waals surface area contributed by atoms with Crippen LogP contribution >= 0.6 is 11.6 Å². The van der Waals surface area contributed by atoms with Gasteiger partial charge in [0.05, 0.1) is 13.7 Å². The van der Waals surface area contributed by atoms with E-state index in [2.05, 4.69) is 22.5 Å². The van der Waals surface area contributed by atoms with Gasteiger partial charge in [-0.1, -0.05) is 29.5 Å². The van der Waals surface area contributed by atoms with E-state index < -0.39 is 23.3 Å². The summed E-state index contributed by atoms with van der Waals surface area (Å²) >= 11 is 5.84. The number of amides is 4. The normalized spacial score (nSPS) is 19.7. The van der Waals surface area contributed by atoms with Gasteiger partial charge in [0.25, 0.3) is 11.8 Å². The Labute approximate surface area is 176 Å². The summed E-state index contributed by atoms with van der Waals surface area (Å²) in [5.41, 5.74) is -0.226. The van der Waals surface area contributed by atoms with Gasteiger partial charge in [-0.3, -0.25) is 14.9 Å². The Bertz CT molecular complexity index is 1140. The second kappa shape index (κ2) is 7.35. The Kier molecular flexibility index (Phi) is 4.84. The van der Waals surface area contributed by atoms with E-state index in [1.807, 2.05) is 0 Å². The summed E-state index contributed by atoms with van der Waals surface area (Å²) in [5.74, 6) is 4.33. The maximum Gasteiger partial charge on any atom is 0.323 e. The number of nitrogens with zero attached hydrogens (tertiary/aromatic N) is 1. The van der Waals surface area contributed by atoms with Crippen LogP contribution < -0.4 is 15.4 Å². The Morgan fingerprint density at radius 2 is 2.03 bits per heavy atom. The topological polar surface area (TPSA) is 87.7 Å². The van der Waals surface area contributed by atoms with Crippen LogP contribution in [-0.2, 0) is 11.3 Å². The molecule has 30 heavy (non-hydrogen) atoms. The lowest BCUT2D eigenvalue weighted by Gasteiger charge is -2.26. The summed E-state index contributed by atoms with van der Waals surface area (Å²) in [7, 11) is 1.50. The molecule has 4 amide bonds. The van der Waals surface area contributed by atoms with Gasteiger partial charge in [-0.2, -0.15) is 0 Å². The van der Waals surface area contributed by atoms with E-state index >= 15 is 0 Å². The van der Waals surface area contributed by atoms with Crippen LogP contribution in [0.5, 0.6) is 5.75 Å². The van der Waals surface area contributed by atoms with Crippen molar-refractivity contribution in [2.45, 2.75) is 12.1 Å². The minimum atomic E-state index is -1.68. The molecular weight excluding hydrogens is 413 g/mol. The molecule has 1 saturated heterocycles. The maximum absolute atomic E-state index is 13.6. The third-order valence-electron chi connectivity index (χ3n) is 4.85. The molecule has 1 atom stereocenters.